The van der Waals surface area contributed by atoms with E-state index in [0.717, 1.165) is 5.56 Å². The van der Waals surface area contributed by atoms with Crippen LogP contribution >= 0.6 is 0 Å². The second kappa shape index (κ2) is 4.93. The average molecular weight is 225 g/mol. The summed E-state index contributed by atoms with van der Waals surface area (Å²) in [4.78, 5) is 11.5. The van der Waals surface area contributed by atoms with Crippen molar-refractivity contribution in [2.75, 3.05) is 5.73 Å². The Balaban J connectivity index is 3.07. The van der Waals surface area contributed by atoms with E-state index in [4.69, 9.17) is 5.73 Å². The van der Waals surface area contributed by atoms with Crippen molar-refractivity contribution in [2.24, 2.45) is 4.36 Å². The highest BCUT2D eigenvalue weighted by molar-refractivity contribution is 7.75. The minimum Gasteiger partial charge on any atom is -0.440 e. The van der Waals surface area contributed by atoms with Crippen LogP contribution in [0.4, 0.5) is 5.69 Å². The van der Waals surface area contributed by atoms with Crippen molar-refractivity contribution < 1.29 is 9.00 Å². The number of carbonyl (C=O) groups excluding carboxylic acids is 1. The quantitative estimate of drug-likeness (QED) is 0.618. The van der Waals surface area contributed by atoms with Gasteiger partial charge in [-0.05, 0) is 18.6 Å². The molecule has 0 aliphatic heterocycles. The lowest BCUT2D eigenvalue weighted by molar-refractivity contribution is -0.117. The molecule has 0 atom stereocenters. The lowest BCUT2D eigenvalue weighted by Crippen LogP contribution is -1.93. The summed E-state index contributed by atoms with van der Waals surface area (Å²) in [6.45, 7) is 3.49. The van der Waals surface area contributed by atoms with Crippen LogP contribution in [0.2, 0.25) is 0 Å². The number of aryl methyl sites for hydroxylation is 1. The van der Waals surface area contributed by atoms with Gasteiger partial charge in [-0.15, -0.1) is 0 Å². The molecule has 2 N–H and O–H groups in total. The predicted molar refractivity (Wildman–Crippen MR) is 59.6 cm³/mol. The lowest BCUT2D eigenvalue weighted by atomic mass is 10.2. The minimum atomic E-state index is -1.61. The van der Waals surface area contributed by atoms with Gasteiger partial charge in [-0.3, -0.25) is 4.79 Å². The number of carbonyl (C=O) groups is 1. The van der Waals surface area contributed by atoms with Crippen LogP contribution in [0.3, 0.4) is 0 Å². The fraction of sp³-hybridized carbons (Fsp3) is 0.300. The van der Waals surface area contributed by atoms with Gasteiger partial charge in [-0.1, -0.05) is 24.0 Å². The molecule has 0 bridgehead atoms. The summed E-state index contributed by atoms with van der Waals surface area (Å²) >= 11 is 0. The molecule has 0 spiro atoms. The maximum atomic E-state index is 11.6. The van der Waals surface area contributed by atoms with Crippen LogP contribution in [0.1, 0.15) is 18.9 Å². The summed E-state index contributed by atoms with van der Waals surface area (Å²) < 4.78 is 15.1. The Morgan fingerprint density at radius 2 is 2.20 bits per heavy atom. The summed E-state index contributed by atoms with van der Waals surface area (Å²) in [5.74, 6) is -0.359. The van der Waals surface area contributed by atoms with Crippen molar-refractivity contribution in [1.82, 2.24) is 0 Å². The zero-order valence-electron chi connectivity index (χ0n) is 8.69. The summed E-state index contributed by atoms with van der Waals surface area (Å²) in [5, 5.41) is 0. The van der Waals surface area contributed by atoms with Crippen LogP contribution in [0.25, 0.3) is 0 Å². The van der Waals surface area contributed by atoms with Crippen molar-refractivity contribution in [3.05, 3.63) is 23.8 Å². The van der Waals surface area contributed by atoms with Crippen LogP contribution < -0.4 is 5.73 Å². The number of anilines is 1. The highest BCUT2D eigenvalue weighted by Crippen LogP contribution is 2.14. The Labute approximate surface area is 90.7 Å². The summed E-state index contributed by atoms with van der Waals surface area (Å²) in [6, 6.07) is 4.96. The van der Waals surface area contributed by atoms with E-state index in [1.54, 1.807) is 25.1 Å². The first kappa shape index (κ1) is 11.7. The normalized spacial score (nSPS) is 12.7. The van der Waals surface area contributed by atoms with Crippen molar-refractivity contribution >= 4 is 22.2 Å². The number of hydrogen-bond acceptors (Lipinski definition) is 4. The maximum Gasteiger partial charge on any atom is 0.222 e. The number of amides is 1. The number of nitrogens with zero attached hydrogens (tertiary/aromatic N) is 1. The van der Waals surface area contributed by atoms with Crippen LogP contribution in [0.5, 0.6) is 0 Å². The minimum absolute atomic E-state index is 0.264. The number of nitrogens with two attached hydrogens (primary N) is 1. The molecule has 1 aromatic carbocycles. The fourth-order valence-electron chi connectivity index (χ4n) is 0.967. The molecule has 5 heteroatoms. The number of benzene rings is 1. The number of nitrogen functional groups attached to an aromatic ring is 1. The van der Waals surface area contributed by atoms with Gasteiger partial charge in [-0.2, -0.15) is 10.6 Å². The third-order valence-corrected chi connectivity index (χ3v) is 2.96. The largest absolute Gasteiger partial charge is 0.440 e. The van der Waals surface area contributed by atoms with Crippen molar-refractivity contribution in [2.45, 2.75) is 25.2 Å². The third kappa shape index (κ3) is 3.06. The molecule has 0 saturated heterocycles. The average Bonchev–Trinajstić information content (AvgIpc) is 2.21. The highest BCUT2D eigenvalue weighted by atomic mass is 32.2. The van der Waals surface area contributed by atoms with E-state index in [2.05, 4.69) is 4.36 Å². The third-order valence-electron chi connectivity index (χ3n) is 1.93. The molecule has 0 aliphatic rings. The second-order valence-corrected chi connectivity index (χ2v) is 4.26. The van der Waals surface area contributed by atoms with Crippen LogP contribution in [-0.4, -0.2) is 5.91 Å². The first-order valence-electron chi connectivity index (χ1n) is 4.57. The molecule has 0 aliphatic carbocycles. The van der Waals surface area contributed by atoms with E-state index in [-0.39, 0.29) is 12.3 Å². The lowest BCUT2D eigenvalue weighted by Gasteiger charge is -2.07. The Kier molecular flexibility index (Phi) is 3.85. The maximum absolute atomic E-state index is 11.6. The van der Waals surface area contributed by atoms with E-state index in [0.29, 0.717) is 10.6 Å². The molecule has 0 fully saturated rings. The number of rotatable bonds is 2. The van der Waals surface area contributed by atoms with Crippen molar-refractivity contribution in [3.63, 3.8) is 0 Å². The standard InChI is InChI=1S/C10H13N2O2S/c1-3-10(13)12-15(14)8-4-5-9(11)7(2)6-8/h4-6H,3,11H2,1-2H3/q-1. The molecular formula is C10H13N2O2S-. The van der Waals surface area contributed by atoms with Gasteiger partial charge in [-0.25, -0.2) is 0 Å². The predicted octanol–water partition coefficient (Wildman–Crippen LogP) is 2.02. The van der Waals surface area contributed by atoms with Gasteiger partial charge in [0.2, 0.25) is 5.91 Å². The van der Waals surface area contributed by atoms with Gasteiger partial charge in [0.05, 0.1) is 0 Å². The van der Waals surface area contributed by atoms with Crippen LogP contribution in [0, 0.1) is 6.92 Å². The van der Waals surface area contributed by atoms with Gasteiger partial charge >= 0.3 is 0 Å². The first-order chi connectivity index (χ1) is 7.04. The van der Waals surface area contributed by atoms with Crippen LogP contribution in [0.15, 0.2) is 27.5 Å². The summed E-state index contributed by atoms with van der Waals surface area (Å²) in [6.07, 6.45) is 0.264. The van der Waals surface area contributed by atoms with Gasteiger partial charge < -0.3 is 14.3 Å². The van der Waals surface area contributed by atoms with Gasteiger partial charge in [0.1, 0.15) is 0 Å². The van der Waals surface area contributed by atoms with Gasteiger partial charge in [0, 0.05) is 12.1 Å². The van der Waals surface area contributed by atoms with E-state index < -0.39 is 10.6 Å². The van der Waals surface area contributed by atoms with E-state index in [1.807, 2.05) is 6.92 Å². The Morgan fingerprint density at radius 1 is 1.53 bits per heavy atom. The fourth-order valence-corrected chi connectivity index (χ4v) is 1.85. The first-order valence-corrected chi connectivity index (χ1v) is 5.68. The zero-order valence-corrected chi connectivity index (χ0v) is 9.50. The molecule has 0 heterocycles. The molecule has 1 rings (SSSR count). The molecule has 0 aromatic heterocycles. The molecule has 1 aromatic rings. The van der Waals surface area contributed by atoms with Crippen molar-refractivity contribution in [3.8, 4) is 0 Å². The Bertz CT molecular complexity index is 462. The molecule has 15 heavy (non-hydrogen) atoms. The SMILES string of the molecule is CCC(=O)N=[S-](=O)c1ccc(N)c(C)c1. The van der Waals surface area contributed by atoms with Crippen LogP contribution in [-0.2, 0) is 19.6 Å². The Hall–Kier alpha value is -1.36. The molecular weight excluding hydrogens is 212 g/mol. The molecule has 0 unspecified atom stereocenters. The van der Waals surface area contributed by atoms with E-state index >= 15 is 0 Å². The smallest absolute Gasteiger partial charge is 0.222 e. The van der Waals surface area contributed by atoms with Gasteiger partial charge in [0.15, 0.2) is 0 Å². The Morgan fingerprint density at radius 3 is 2.73 bits per heavy atom. The van der Waals surface area contributed by atoms with Crippen molar-refractivity contribution in [1.29, 1.82) is 0 Å². The summed E-state index contributed by atoms with van der Waals surface area (Å²) in [5.41, 5.74) is 7.09. The van der Waals surface area contributed by atoms with E-state index in [9.17, 15) is 9.00 Å². The second-order valence-electron chi connectivity index (χ2n) is 3.11. The van der Waals surface area contributed by atoms with Gasteiger partial charge in [0.25, 0.3) is 0 Å². The monoisotopic (exact) mass is 225 g/mol. The molecule has 0 radical (unpaired) electrons. The number of hydrogen-bond donors (Lipinski definition) is 1. The van der Waals surface area contributed by atoms with E-state index in [1.165, 1.54) is 0 Å². The highest BCUT2D eigenvalue weighted by Gasteiger charge is 1.93. The zero-order chi connectivity index (χ0) is 11.4. The molecule has 4 nitrogen and oxygen atoms in total. The summed E-state index contributed by atoms with van der Waals surface area (Å²) in [7, 11) is -1.61. The molecule has 82 valence electrons. The molecule has 1 amide bonds. The topological polar surface area (TPSA) is 72.5 Å². The molecule has 0 saturated carbocycles.